The largest absolute Gasteiger partial charge is 0.444 e. The van der Waals surface area contributed by atoms with E-state index in [-0.39, 0.29) is 12.1 Å². The van der Waals surface area contributed by atoms with E-state index in [4.69, 9.17) is 4.74 Å². The van der Waals surface area contributed by atoms with Crippen molar-refractivity contribution in [2.75, 3.05) is 0 Å². The summed E-state index contributed by atoms with van der Waals surface area (Å²) in [5, 5.41) is 6.61. The zero-order chi connectivity index (χ0) is 14.0. The predicted molar refractivity (Wildman–Crippen MR) is 76.1 cm³/mol. The molecule has 4 atom stereocenters. The number of ether oxygens (including phenoxy) is 1. The van der Waals surface area contributed by atoms with Gasteiger partial charge >= 0.3 is 6.09 Å². The Hall–Kier alpha value is -0.770. The average Bonchev–Trinajstić information content (AvgIpc) is 2.92. The van der Waals surface area contributed by atoms with Crippen molar-refractivity contribution in [3.05, 3.63) is 0 Å². The third-order valence-electron chi connectivity index (χ3n) is 3.88. The number of carbonyl (C=O) groups is 1. The topological polar surface area (TPSA) is 50.4 Å². The van der Waals surface area contributed by atoms with E-state index < -0.39 is 5.60 Å². The van der Waals surface area contributed by atoms with Crippen molar-refractivity contribution in [1.29, 1.82) is 0 Å². The van der Waals surface area contributed by atoms with Crippen LogP contribution in [0.25, 0.3) is 0 Å². The summed E-state index contributed by atoms with van der Waals surface area (Å²) >= 11 is 0. The van der Waals surface area contributed by atoms with Crippen LogP contribution in [0.5, 0.6) is 0 Å². The number of carbonyl (C=O) groups excluding carboxylic acids is 1. The van der Waals surface area contributed by atoms with Gasteiger partial charge in [-0.3, -0.25) is 0 Å². The first kappa shape index (κ1) is 14.6. The third kappa shape index (κ3) is 5.01. The maximum atomic E-state index is 11.6. The molecule has 2 rings (SSSR count). The fourth-order valence-corrected chi connectivity index (χ4v) is 2.89. The molecule has 4 heteroatoms. The smallest absolute Gasteiger partial charge is 0.407 e. The van der Waals surface area contributed by atoms with Crippen LogP contribution in [0.2, 0.25) is 0 Å². The Morgan fingerprint density at radius 2 is 1.89 bits per heavy atom. The van der Waals surface area contributed by atoms with Crippen LogP contribution < -0.4 is 10.6 Å². The van der Waals surface area contributed by atoms with E-state index in [9.17, 15) is 4.79 Å². The van der Waals surface area contributed by atoms with Gasteiger partial charge in [-0.2, -0.15) is 0 Å². The fourth-order valence-electron chi connectivity index (χ4n) is 2.89. The minimum absolute atomic E-state index is 0.257. The number of hydrogen-bond donors (Lipinski definition) is 2. The van der Waals surface area contributed by atoms with Gasteiger partial charge in [0.05, 0.1) is 0 Å². The molecule has 0 bridgehead atoms. The van der Waals surface area contributed by atoms with Gasteiger partial charge in [-0.15, -0.1) is 0 Å². The second kappa shape index (κ2) is 5.70. The summed E-state index contributed by atoms with van der Waals surface area (Å²) in [5.74, 6) is 0.835. The van der Waals surface area contributed by atoms with E-state index in [1.54, 1.807) is 0 Å². The molecule has 2 aliphatic carbocycles. The first-order chi connectivity index (χ1) is 8.83. The minimum Gasteiger partial charge on any atom is -0.444 e. The van der Waals surface area contributed by atoms with Gasteiger partial charge in [-0.05, 0) is 46.0 Å². The molecule has 1 amide bonds. The molecule has 0 aromatic heterocycles. The number of rotatable bonds is 3. The summed E-state index contributed by atoms with van der Waals surface area (Å²) in [7, 11) is 0. The van der Waals surface area contributed by atoms with E-state index in [0.29, 0.717) is 12.1 Å². The van der Waals surface area contributed by atoms with Crippen LogP contribution in [0.4, 0.5) is 4.79 Å². The van der Waals surface area contributed by atoms with E-state index in [1.165, 1.54) is 25.7 Å². The van der Waals surface area contributed by atoms with E-state index in [0.717, 1.165) is 12.3 Å². The lowest BCUT2D eigenvalue weighted by Gasteiger charge is -2.27. The summed E-state index contributed by atoms with van der Waals surface area (Å²) in [6.07, 6.45) is 5.98. The molecule has 4 nitrogen and oxygen atoms in total. The monoisotopic (exact) mass is 268 g/mol. The quantitative estimate of drug-likeness (QED) is 0.827. The molecule has 0 heterocycles. The number of alkyl carbamates (subject to hydrolysis) is 1. The van der Waals surface area contributed by atoms with Gasteiger partial charge in [0.15, 0.2) is 0 Å². The predicted octanol–water partition coefficient (Wildman–Crippen LogP) is 2.82. The van der Waals surface area contributed by atoms with E-state index in [2.05, 4.69) is 17.6 Å². The summed E-state index contributed by atoms with van der Waals surface area (Å²) in [6.45, 7) is 7.99. The number of amides is 1. The van der Waals surface area contributed by atoms with Gasteiger partial charge in [-0.25, -0.2) is 4.79 Å². The first-order valence-corrected chi connectivity index (χ1v) is 7.59. The van der Waals surface area contributed by atoms with Gasteiger partial charge in [0.2, 0.25) is 0 Å². The minimum atomic E-state index is -0.416. The Balaban J connectivity index is 1.66. The molecule has 2 saturated carbocycles. The van der Waals surface area contributed by atoms with Gasteiger partial charge in [0.25, 0.3) is 0 Å². The molecule has 0 aromatic carbocycles. The van der Waals surface area contributed by atoms with Crippen LogP contribution >= 0.6 is 0 Å². The van der Waals surface area contributed by atoms with Crippen LogP contribution in [0.15, 0.2) is 0 Å². The van der Waals surface area contributed by atoms with Crippen molar-refractivity contribution in [1.82, 2.24) is 10.6 Å². The molecule has 0 spiro atoms. The van der Waals surface area contributed by atoms with Crippen molar-refractivity contribution in [2.24, 2.45) is 5.92 Å². The Morgan fingerprint density at radius 1 is 1.16 bits per heavy atom. The summed E-state index contributed by atoms with van der Waals surface area (Å²) in [6, 6.07) is 1.34. The van der Waals surface area contributed by atoms with Crippen molar-refractivity contribution in [3.8, 4) is 0 Å². The molecule has 0 aliphatic heterocycles. The molecule has 19 heavy (non-hydrogen) atoms. The fraction of sp³-hybridized carbons (Fsp3) is 0.933. The Kier molecular flexibility index (Phi) is 4.39. The molecule has 110 valence electrons. The SMILES string of the molecule is CC1CCCC(NC2CC2NC(=O)OC(C)(C)C)C1. The lowest BCUT2D eigenvalue weighted by molar-refractivity contribution is 0.0521. The molecule has 0 saturated heterocycles. The van der Waals surface area contributed by atoms with Gasteiger partial charge < -0.3 is 15.4 Å². The zero-order valence-electron chi connectivity index (χ0n) is 12.7. The highest BCUT2D eigenvalue weighted by Crippen LogP contribution is 2.28. The lowest BCUT2D eigenvalue weighted by atomic mass is 9.87. The Bertz CT molecular complexity index is 325. The second-order valence-corrected chi connectivity index (χ2v) is 7.23. The maximum absolute atomic E-state index is 11.6. The van der Waals surface area contributed by atoms with Crippen molar-refractivity contribution >= 4 is 6.09 Å². The normalized spacial score (nSPS) is 34.7. The first-order valence-electron chi connectivity index (χ1n) is 7.59. The number of nitrogens with one attached hydrogen (secondary N) is 2. The lowest BCUT2D eigenvalue weighted by Crippen LogP contribution is -2.40. The highest BCUT2D eigenvalue weighted by molar-refractivity contribution is 5.68. The van der Waals surface area contributed by atoms with Crippen LogP contribution in [-0.4, -0.2) is 29.8 Å². The Morgan fingerprint density at radius 3 is 2.53 bits per heavy atom. The molecule has 4 unspecified atom stereocenters. The molecule has 2 aliphatic rings. The molecule has 2 N–H and O–H groups in total. The third-order valence-corrected chi connectivity index (χ3v) is 3.88. The highest BCUT2D eigenvalue weighted by Gasteiger charge is 2.40. The molecule has 0 radical (unpaired) electrons. The van der Waals surface area contributed by atoms with Gasteiger partial charge in [0, 0.05) is 18.1 Å². The Labute approximate surface area is 116 Å². The van der Waals surface area contributed by atoms with Crippen LogP contribution in [-0.2, 0) is 4.74 Å². The molecular formula is C15H28N2O2. The highest BCUT2D eigenvalue weighted by atomic mass is 16.6. The second-order valence-electron chi connectivity index (χ2n) is 7.23. The number of hydrogen-bond acceptors (Lipinski definition) is 3. The molecular weight excluding hydrogens is 240 g/mol. The summed E-state index contributed by atoms with van der Waals surface area (Å²) in [4.78, 5) is 11.6. The average molecular weight is 268 g/mol. The maximum Gasteiger partial charge on any atom is 0.407 e. The molecule has 0 aromatic rings. The van der Waals surface area contributed by atoms with Gasteiger partial charge in [0.1, 0.15) is 5.60 Å². The van der Waals surface area contributed by atoms with Gasteiger partial charge in [-0.1, -0.05) is 19.8 Å². The summed E-state index contributed by atoms with van der Waals surface area (Å²) in [5.41, 5.74) is -0.416. The molecule has 2 fully saturated rings. The van der Waals surface area contributed by atoms with Crippen LogP contribution in [0, 0.1) is 5.92 Å². The van der Waals surface area contributed by atoms with Crippen LogP contribution in [0.3, 0.4) is 0 Å². The summed E-state index contributed by atoms with van der Waals surface area (Å²) < 4.78 is 5.27. The van der Waals surface area contributed by atoms with Crippen LogP contribution in [0.1, 0.15) is 59.8 Å². The van der Waals surface area contributed by atoms with Crippen molar-refractivity contribution < 1.29 is 9.53 Å². The van der Waals surface area contributed by atoms with E-state index >= 15 is 0 Å². The standard InChI is InChI=1S/C15H28N2O2/c1-10-6-5-7-11(8-10)16-12-9-13(12)17-14(18)19-15(2,3)4/h10-13,16H,5-9H2,1-4H3,(H,17,18). The van der Waals surface area contributed by atoms with E-state index in [1.807, 2.05) is 20.8 Å². The zero-order valence-corrected chi connectivity index (χ0v) is 12.7. The van der Waals surface area contributed by atoms with Crippen molar-refractivity contribution in [3.63, 3.8) is 0 Å². The van der Waals surface area contributed by atoms with Crippen molar-refractivity contribution in [2.45, 2.75) is 83.5 Å².